The zero-order chi connectivity index (χ0) is 12.4. The van der Waals surface area contributed by atoms with Crippen LogP contribution in [0.2, 0.25) is 0 Å². The number of esters is 2. The van der Waals surface area contributed by atoms with E-state index in [4.69, 9.17) is 15.2 Å². The SMILES string of the molecule is CCOC(=O)CC(CCCN)C(=O)OCC. The fourth-order valence-corrected chi connectivity index (χ4v) is 1.35. The molecule has 5 heteroatoms. The van der Waals surface area contributed by atoms with Crippen LogP contribution in [0.15, 0.2) is 0 Å². The molecule has 0 heterocycles. The van der Waals surface area contributed by atoms with Gasteiger partial charge in [0.15, 0.2) is 0 Å². The molecule has 0 amide bonds. The topological polar surface area (TPSA) is 78.6 Å². The van der Waals surface area contributed by atoms with Crippen LogP contribution in [0.1, 0.15) is 33.1 Å². The Kier molecular flexibility index (Phi) is 8.52. The average Bonchev–Trinajstić information content (AvgIpc) is 2.24. The first kappa shape index (κ1) is 14.9. The predicted molar refractivity (Wildman–Crippen MR) is 59.7 cm³/mol. The Balaban J connectivity index is 4.18. The molecule has 0 aliphatic rings. The second kappa shape index (κ2) is 9.15. The number of hydrogen-bond donors (Lipinski definition) is 1. The van der Waals surface area contributed by atoms with E-state index in [1.807, 2.05) is 0 Å². The molecule has 5 nitrogen and oxygen atoms in total. The number of hydrogen-bond acceptors (Lipinski definition) is 5. The van der Waals surface area contributed by atoms with E-state index in [2.05, 4.69) is 0 Å². The Morgan fingerprint density at radius 3 is 2.31 bits per heavy atom. The zero-order valence-corrected chi connectivity index (χ0v) is 10.0. The minimum atomic E-state index is -0.428. The highest BCUT2D eigenvalue weighted by molar-refractivity contribution is 5.79. The normalized spacial score (nSPS) is 11.9. The van der Waals surface area contributed by atoms with Crippen molar-refractivity contribution in [2.45, 2.75) is 33.1 Å². The van der Waals surface area contributed by atoms with Gasteiger partial charge in [0.2, 0.25) is 0 Å². The highest BCUT2D eigenvalue weighted by Gasteiger charge is 2.23. The molecule has 0 rings (SSSR count). The Hall–Kier alpha value is -1.10. The van der Waals surface area contributed by atoms with Crippen molar-refractivity contribution in [2.24, 2.45) is 11.7 Å². The molecule has 1 atom stereocenters. The van der Waals surface area contributed by atoms with E-state index in [1.165, 1.54) is 0 Å². The number of ether oxygens (including phenoxy) is 2. The first-order chi connectivity index (χ1) is 7.65. The Morgan fingerprint density at radius 2 is 1.81 bits per heavy atom. The van der Waals surface area contributed by atoms with Gasteiger partial charge in [0, 0.05) is 0 Å². The molecule has 0 aromatic carbocycles. The van der Waals surface area contributed by atoms with Gasteiger partial charge in [-0.15, -0.1) is 0 Å². The van der Waals surface area contributed by atoms with E-state index in [0.717, 1.165) is 0 Å². The molecule has 2 N–H and O–H groups in total. The summed E-state index contributed by atoms with van der Waals surface area (Å²) in [6.45, 7) is 4.62. The molecule has 0 aromatic heterocycles. The summed E-state index contributed by atoms with van der Waals surface area (Å²) >= 11 is 0. The van der Waals surface area contributed by atoms with Crippen molar-refractivity contribution in [1.82, 2.24) is 0 Å². The summed E-state index contributed by atoms with van der Waals surface area (Å²) in [5, 5.41) is 0. The van der Waals surface area contributed by atoms with Gasteiger partial charge in [-0.3, -0.25) is 9.59 Å². The first-order valence-corrected chi connectivity index (χ1v) is 5.68. The summed E-state index contributed by atoms with van der Waals surface area (Å²) in [5.74, 6) is -1.14. The van der Waals surface area contributed by atoms with Crippen molar-refractivity contribution in [3.8, 4) is 0 Å². The summed E-state index contributed by atoms with van der Waals surface area (Å²) < 4.78 is 9.70. The highest BCUT2D eigenvalue weighted by atomic mass is 16.5. The Morgan fingerprint density at radius 1 is 1.19 bits per heavy atom. The standard InChI is InChI=1S/C11H21NO4/c1-3-15-10(13)8-9(6-5-7-12)11(14)16-4-2/h9H,3-8,12H2,1-2H3. The van der Waals surface area contributed by atoms with Crippen LogP contribution in [0.25, 0.3) is 0 Å². The summed E-state index contributed by atoms with van der Waals surface area (Å²) in [6.07, 6.45) is 1.34. The van der Waals surface area contributed by atoms with Crippen LogP contribution < -0.4 is 5.73 Å². The molecular formula is C11H21NO4. The van der Waals surface area contributed by atoms with Gasteiger partial charge in [-0.25, -0.2) is 0 Å². The van der Waals surface area contributed by atoms with Gasteiger partial charge >= 0.3 is 11.9 Å². The van der Waals surface area contributed by atoms with E-state index in [0.29, 0.717) is 32.6 Å². The highest BCUT2D eigenvalue weighted by Crippen LogP contribution is 2.14. The van der Waals surface area contributed by atoms with Crippen molar-refractivity contribution >= 4 is 11.9 Å². The summed E-state index contributed by atoms with van der Waals surface area (Å²) in [5.41, 5.74) is 5.37. The monoisotopic (exact) mass is 231 g/mol. The Labute approximate surface area is 96.3 Å². The first-order valence-electron chi connectivity index (χ1n) is 5.68. The maximum Gasteiger partial charge on any atom is 0.309 e. The van der Waals surface area contributed by atoms with Crippen LogP contribution in [-0.4, -0.2) is 31.7 Å². The van der Waals surface area contributed by atoms with Gasteiger partial charge in [-0.1, -0.05) is 0 Å². The van der Waals surface area contributed by atoms with E-state index in [1.54, 1.807) is 13.8 Å². The van der Waals surface area contributed by atoms with Crippen molar-refractivity contribution in [2.75, 3.05) is 19.8 Å². The lowest BCUT2D eigenvalue weighted by Crippen LogP contribution is -2.23. The van der Waals surface area contributed by atoms with Gasteiger partial charge in [0.1, 0.15) is 0 Å². The third-order valence-corrected chi connectivity index (χ3v) is 2.10. The van der Waals surface area contributed by atoms with Crippen molar-refractivity contribution in [3.63, 3.8) is 0 Å². The second-order valence-corrected chi connectivity index (χ2v) is 3.39. The lowest BCUT2D eigenvalue weighted by Gasteiger charge is -2.14. The number of nitrogens with two attached hydrogens (primary N) is 1. The van der Waals surface area contributed by atoms with Gasteiger partial charge in [-0.2, -0.15) is 0 Å². The lowest BCUT2D eigenvalue weighted by atomic mass is 9.99. The second-order valence-electron chi connectivity index (χ2n) is 3.39. The van der Waals surface area contributed by atoms with Gasteiger partial charge in [0.05, 0.1) is 25.6 Å². The molecule has 0 aliphatic carbocycles. The van der Waals surface area contributed by atoms with E-state index in [9.17, 15) is 9.59 Å². The summed E-state index contributed by atoms with van der Waals surface area (Å²) in [6, 6.07) is 0. The molecule has 94 valence electrons. The van der Waals surface area contributed by atoms with Crippen LogP contribution in [0, 0.1) is 5.92 Å². The van der Waals surface area contributed by atoms with E-state index in [-0.39, 0.29) is 18.4 Å². The molecule has 0 radical (unpaired) electrons. The van der Waals surface area contributed by atoms with Crippen molar-refractivity contribution < 1.29 is 19.1 Å². The molecule has 1 unspecified atom stereocenters. The smallest absolute Gasteiger partial charge is 0.309 e. The zero-order valence-electron chi connectivity index (χ0n) is 10.0. The minimum Gasteiger partial charge on any atom is -0.466 e. The fourth-order valence-electron chi connectivity index (χ4n) is 1.35. The molecule has 16 heavy (non-hydrogen) atoms. The third kappa shape index (κ3) is 6.40. The van der Waals surface area contributed by atoms with Crippen molar-refractivity contribution in [1.29, 1.82) is 0 Å². The maximum absolute atomic E-state index is 11.5. The predicted octanol–water partition coefficient (Wildman–Crippen LogP) is 0.858. The molecular weight excluding hydrogens is 210 g/mol. The van der Waals surface area contributed by atoms with Crippen LogP contribution >= 0.6 is 0 Å². The van der Waals surface area contributed by atoms with Crippen molar-refractivity contribution in [3.05, 3.63) is 0 Å². The summed E-state index contributed by atoms with van der Waals surface area (Å²) in [4.78, 5) is 22.8. The summed E-state index contributed by atoms with van der Waals surface area (Å²) in [7, 11) is 0. The number of carbonyl (C=O) groups excluding carboxylic acids is 2. The molecule has 0 aliphatic heterocycles. The third-order valence-electron chi connectivity index (χ3n) is 2.10. The number of carbonyl (C=O) groups is 2. The molecule has 0 spiro atoms. The molecule has 0 saturated heterocycles. The van der Waals surface area contributed by atoms with Crippen LogP contribution in [0.3, 0.4) is 0 Å². The molecule has 0 aromatic rings. The largest absolute Gasteiger partial charge is 0.466 e. The van der Waals surface area contributed by atoms with Crippen LogP contribution in [0.4, 0.5) is 0 Å². The van der Waals surface area contributed by atoms with Gasteiger partial charge in [0.25, 0.3) is 0 Å². The fraction of sp³-hybridized carbons (Fsp3) is 0.818. The van der Waals surface area contributed by atoms with Gasteiger partial charge in [-0.05, 0) is 33.2 Å². The van der Waals surface area contributed by atoms with E-state index >= 15 is 0 Å². The lowest BCUT2D eigenvalue weighted by molar-refractivity contribution is -0.155. The quantitative estimate of drug-likeness (QED) is 0.627. The van der Waals surface area contributed by atoms with Crippen LogP contribution in [-0.2, 0) is 19.1 Å². The Bertz CT molecular complexity index is 218. The van der Waals surface area contributed by atoms with Gasteiger partial charge < -0.3 is 15.2 Å². The number of rotatable bonds is 8. The minimum absolute atomic E-state index is 0.0761. The molecule has 0 fully saturated rings. The molecule has 0 saturated carbocycles. The maximum atomic E-state index is 11.5. The molecule has 0 bridgehead atoms. The average molecular weight is 231 g/mol. The van der Waals surface area contributed by atoms with Crippen LogP contribution in [0.5, 0.6) is 0 Å². The van der Waals surface area contributed by atoms with E-state index < -0.39 is 5.92 Å².